The van der Waals surface area contributed by atoms with Gasteiger partial charge in [-0.1, -0.05) is 49.4 Å². The smallest absolute Gasteiger partial charge is 0.219 e. The standard InChI is InChI=1S/C26H30N4O2/c1-4-24-23(18-20-9-8-12-22(17-20)32-3)26(30-15-13-29(14-16-30)19(2)31)28-25(27-24)21-10-6-5-7-11-21/h5-12,17H,4,13-16,18H2,1-3H3. The van der Waals surface area contributed by atoms with Gasteiger partial charge >= 0.3 is 0 Å². The molecular formula is C26H30N4O2. The van der Waals surface area contributed by atoms with Crippen molar-refractivity contribution in [2.75, 3.05) is 38.2 Å². The van der Waals surface area contributed by atoms with Crippen molar-refractivity contribution in [2.24, 2.45) is 0 Å². The summed E-state index contributed by atoms with van der Waals surface area (Å²) < 4.78 is 5.43. The van der Waals surface area contributed by atoms with Gasteiger partial charge in [0.15, 0.2) is 5.82 Å². The molecule has 3 aromatic rings. The highest BCUT2D eigenvalue weighted by Gasteiger charge is 2.24. The number of aromatic nitrogens is 2. The lowest BCUT2D eigenvalue weighted by Crippen LogP contribution is -2.48. The number of anilines is 1. The Morgan fingerprint density at radius 3 is 2.41 bits per heavy atom. The van der Waals surface area contributed by atoms with Gasteiger partial charge in [0.2, 0.25) is 5.91 Å². The van der Waals surface area contributed by atoms with Crippen LogP contribution in [0.1, 0.15) is 30.7 Å². The number of benzene rings is 2. The molecule has 1 aromatic heterocycles. The minimum atomic E-state index is 0.128. The molecule has 0 bridgehead atoms. The van der Waals surface area contributed by atoms with Crippen LogP contribution in [-0.2, 0) is 17.6 Å². The fourth-order valence-corrected chi connectivity index (χ4v) is 4.19. The molecule has 0 radical (unpaired) electrons. The van der Waals surface area contributed by atoms with E-state index in [4.69, 9.17) is 14.7 Å². The topological polar surface area (TPSA) is 58.6 Å². The number of rotatable bonds is 6. The van der Waals surface area contributed by atoms with Crippen molar-refractivity contribution in [2.45, 2.75) is 26.7 Å². The molecule has 0 spiro atoms. The van der Waals surface area contributed by atoms with Crippen LogP contribution < -0.4 is 9.64 Å². The first-order valence-electron chi connectivity index (χ1n) is 11.2. The van der Waals surface area contributed by atoms with Gasteiger partial charge in [0.05, 0.1) is 7.11 Å². The van der Waals surface area contributed by atoms with E-state index >= 15 is 0 Å². The quantitative estimate of drug-likeness (QED) is 0.592. The van der Waals surface area contributed by atoms with E-state index in [2.05, 4.69) is 24.0 Å². The number of amides is 1. The molecule has 1 aliphatic rings. The SMILES string of the molecule is CCc1nc(-c2ccccc2)nc(N2CCN(C(C)=O)CC2)c1Cc1cccc(OC)c1. The summed E-state index contributed by atoms with van der Waals surface area (Å²) in [6.07, 6.45) is 1.56. The average molecular weight is 431 g/mol. The predicted molar refractivity (Wildman–Crippen MR) is 127 cm³/mol. The largest absolute Gasteiger partial charge is 0.497 e. The van der Waals surface area contributed by atoms with Crippen LogP contribution in [0.5, 0.6) is 5.75 Å². The molecule has 0 saturated carbocycles. The van der Waals surface area contributed by atoms with Gasteiger partial charge in [0, 0.05) is 56.3 Å². The van der Waals surface area contributed by atoms with Crippen LogP contribution in [-0.4, -0.2) is 54.1 Å². The zero-order chi connectivity index (χ0) is 22.5. The summed E-state index contributed by atoms with van der Waals surface area (Å²) in [4.78, 5) is 26.1. The summed E-state index contributed by atoms with van der Waals surface area (Å²) in [7, 11) is 1.69. The van der Waals surface area contributed by atoms with Crippen LogP contribution in [0.4, 0.5) is 5.82 Å². The monoisotopic (exact) mass is 430 g/mol. The lowest BCUT2D eigenvalue weighted by atomic mass is 10.0. The first-order chi connectivity index (χ1) is 15.6. The van der Waals surface area contributed by atoms with E-state index in [1.807, 2.05) is 47.4 Å². The maximum Gasteiger partial charge on any atom is 0.219 e. The lowest BCUT2D eigenvalue weighted by Gasteiger charge is -2.36. The van der Waals surface area contributed by atoms with Crippen molar-refractivity contribution in [1.29, 1.82) is 0 Å². The number of hydrogen-bond acceptors (Lipinski definition) is 5. The predicted octanol–water partition coefficient (Wildman–Crippen LogP) is 3.97. The molecule has 1 aliphatic heterocycles. The van der Waals surface area contributed by atoms with Crippen LogP contribution in [0.15, 0.2) is 54.6 Å². The molecular weight excluding hydrogens is 400 g/mol. The van der Waals surface area contributed by atoms with Gasteiger partial charge < -0.3 is 14.5 Å². The molecule has 0 unspecified atom stereocenters. The van der Waals surface area contributed by atoms with Crippen LogP contribution in [0.3, 0.4) is 0 Å². The lowest BCUT2D eigenvalue weighted by molar-refractivity contribution is -0.129. The van der Waals surface area contributed by atoms with Gasteiger partial charge in [-0.3, -0.25) is 4.79 Å². The van der Waals surface area contributed by atoms with Crippen molar-refractivity contribution in [3.63, 3.8) is 0 Å². The molecule has 4 rings (SSSR count). The molecule has 166 valence electrons. The minimum Gasteiger partial charge on any atom is -0.497 e. The van der Waals surface area contributed by atoms with Gasteiger partial charge in [-0.2, -0.15) is 0 Å². The van der Waals surface area contributed by atoms with E-state index in [0.29, 0.717) is 13.1 Å². The second kappa shape index (κ2) is 9.81. The molecule has 1 saturated heterocycles. The zero-order valence-electron chi connectivity index (χ0n) is 19.0. The fourth-order valence-electron chi connectivity index (χ4n) is 4.19. The maximum absolute atomic E-state index is 11.8. The van der Waals surface area contributed by atoms with Crippen LogP contribution in [0, 0.1) is 0 Å². The van der Waals surface area contributed by atoms with E-state index in [1.165, 1.54) is 5.56 Å². The molecule has 2 aromatic carbocycles. The number of carbonyl (C=O) groups excluding carboxylic acids is 1. The fraction of sp³-hybridized carbons (Fsp3) is 0.346. The number of carbonyl (C=O) groups is 1. The first-order valence-corrected chi connectivity index (χ1v) is 11.2. The summed E-state index contributed by atoms with van der Waals surface area (Å²) in [5.74, 6) is 2.70. The van der Waals surface area contributed by atoms with Gasteiger partial charge in [0.25, 0.3) is 0 Å². The summed E-state index contributed by atoms with van der Waals surface area (Å²) >= 11 is 0. The Labute approximate surface area is 189 Å². The van der Waals surface area contributed by atoms with Crippen molar-refractivity contribution >= 4 is 11.7 Å². The third kappa shape index (κ3) is 4.74. The highest BCUT2D eigenvalue weighted by Crippen LogP contribution is 2.29. The molecule has 0 aliphatic carbocycles. The van der Waals surface area contributed by atoms with Gasteiger partial charge in [-0.15, -0.1) is 0 Å². The highest BCUT2D eigenvalue weighted by molar-refractivity contribution is 5.73. The molecule has 1 amide bonds. The zero-order valence-corrected chi connectivity index (χ0v) is 19.0. The maximum atomic E-state index is 11.8. The summed E-state index contributed by atoms with van der Waals surface area (Å²) in [5.41, 5.74) is 4.39. The Hall–Kier alpha value is -3.41. The Morgan fingerprint density at radius 2 is 1.75 bits per heavy atom. The number of methoxy groups -OCH3 is 1. The van der Waals surface area contributed by atoms with E-state index in [-0.39, 0.29) is 5.91 Å². The van der Waals surface area contributed by atoms with E-state index in [0.717, 1.165) is 60.1 Å². The Bertz CT molecular complexity index is 1080. The molecule has 6 nitrogen and oxygen atoms in total. The number of aryl methyl sites for hydroxylation is 1. The van der Waals surface area contributed by atoms with Gasteiger partial charge in [0.1, 0.15) is 11.6 Å². The third-order valence-electron chi connectivity index (χ3n) is 5.98. The second-order valence-electron chi connectivity index (χ2n) is 8.04. The molecule has 0 N–H and O–H groups in total. The summed E-state index contributed by atoms with van der Waals surface area (Å²) in [5, 5.41) is 0. The third-order valence-corrected chi connectivity index (χ3v) is 5.98. The highest BCUT2D eigenvalue weighted by atomic mass is 16.5. The Kier molecular flexibility index (Phi) is 6.69. The van der Waals surface area contributed by atoms with E-state index in [1.54, 1.807) is 14.0 Å². The van der Waals surface area contributed by atoms with Gasteiger partial charge in [-0.05, 0) is 24.1 Å². The molecule has 0 atom stereocenters. The first kappa shape index (κ1) is 21.8. The Balaban J connectivity index is 1.77. The molecule has 1 fully saturated rings. The summed E-state index contributed by atoms with van der Waals surface area (Å²) in [6.45, 7) is 6.72. The van der Waals surface area contributed by atoms with E-state index < -0.39 is 0 Å². The molecule has 32 heavy (non-hydrogen) atoms. The van der Waals surface area contributed by atoms with Crippen LogP contribution in [0.25, 0.3) is 11.4 Å². The molecule has 6 heteroatoms. The van der Waals surface area contributed by atoms with E-state index in [9.17, 15) is 4.79 Å². The average Bonchev–Trinajstić information content (AvgIpc) is 2.84. The van der Waals surface area contributed by atoms with Crippen molar-refractivity contribution in [3.05, 3.63) is 71.4 Å². The molecule has 2 heterocycles. The normalized spacial score (nSPS) is 13.8. The summed E-state index contributed by atoms with van der Waals surface area (Å²) in [6, 6.07) is 18.3. The van der Waals surface area contributed by atoms with Crippen molar-refractivity contribution in [1.82, 2.24) is 14.9 Å². The van der Waals surface area contributed by atoms with Crippen molar-refractivity contribution in [3.8, 4) is 17.1 Å². The second-order valence-corrected chi connectivity index (χ2v) is 8.04. The number of ether oxygens (including phenoxy) is 1. The van der Waals surface area contributed by atoms with Crippen LogP contribution in [0.2, 0.25) is 0 Å². The number of hydrogen-bond donors (Lipinski definition) is 0. The van der Waals surface area contributed by atoms with Gasteiger partial charge in [-0.25, -0.2) is 9.97 Å². The number of nitrogens with zero attached hydrogens (tertiary/aromatic N) is 4. The van der Waals surface area contributed by atoms with Crippen LogP contribution >= 0.6 is 0 Å². The van der Waals surface area contributed by atoms with Crippen molar-refractivity contribution < 1.29 is 9.53 Å². The number of piperazine rings is 1. The Morgan fingerprint density at radius 1 is 1.00 bits per heavy atom. The minimum absolute atomic E-state index is 0.128.